The first-order valence-electron chi connectivity index (χ1n) is 5.35. The second kappa shape index (κ2) is 4.88. The molecule has 1 rings (SSSR count). The molecule has 0 aliphatic heterocycles. The number of nitriles is 1. The highest BCUT2D eigenvalue weighted by Crippen LogP contribution is 2.20. The van der Waals surface area contributed by atoms with Crippen molar-refractivity contribution in [1.82, 2.24) is 0 Å². The predicted molar refractivity (Wildman–Crippen MR) is 65.8 cm³/mol. The van der Waals surface area contributed by atoms with Crippen molar-refractivity contribution in [1.29, 1.82) is 5.26 Å². The predicted octanol–water partition coefficient (Wildman–Crippen LogP) is 2.39. The minimum atomic E-state index is -0.848. The molecule has 2 N–H and O–H groups in total. The molecule has 0 amide bonds. The monoisotopic (exact) mass is 232 g/mol. The van der Waals surface area contributed by atoms with E-state index in [9.17, 15) is 4.79 Å². The molecule has 0 fully saturated rings. The maximum absolute atomic E-state index is 11.0. The number of anilines is 1. The van der Waals surface area contributed by atoms with Crippen LogP contribution in [0.4, 0.5) is 5.69 Å². The normalized spacial score (nSPS) is 10.7. The van der Waals surface area contributed by atoms with Gasteiger partial charge in [-0.3, -0.25) is 4.79 Å². The second-order valence-electron chi connectivity index (χ2n) is 4.68. The Morgan fingerprint density at radius 1 is 1.53 bits per heavy atom. The summed E-state index contributed by atoms with van der Waals surface area (Å²) in [6, 6.07) is 7.37. The molecule has 0 saturated carbocycles. The zero-order chi connectivity index (χ0) is 13.1. The molecule has 0 spiro atoms. The van der Waals surface area contributed by atoms with Gasteiger partial charge in [0.2, 0.25) is 0 Å². The highest BCUT2D eigenvalue weighted by atomic mass is 16.4. The number of aliphatic carboxylic acids is 1. The number of carboxylic acid groups (broad SMARTS) is 1. The molecule has 0 bridgehead atoms. The highest BCUT2D eigenvalue weighted by Gasteiger charge is 2.26. The molecular formula is C13H16N2O2. The van der Waals surface area contributed by atoms with Crippen LogP contribution in [0.5, 0.6) is 0 Å². The van der Waals surface area contributed by atoms with E-state index in [4.69, 9.17) is 10.4 Å². The van der Waals surface area contributed by atoms with Gasteiger partial charge in [-0.25, -0.2) is 0 Å². The number of nitrogens with one attached hydrogen (secondary N) is 1. The van der Waals surface area contributed by atoms with Gasteiger partial charge in [-0.05, 0) is 38.5 Å². The average Bonchev–Trinajstić information content (AvgIpc) is 2.28. The van der Waals surface area contributed by atoms with Crippen molar-refractivity contribution in [2.75, 3.05) is 11.9 Å². The largest absolute Gasteiger partial charge is 0.481 e. The van der Waals surface area contributed by atoms with Crippen LogP contribution < -0.4 is 5.32 Å². The van der Waals surface area contributed by atoms with E-state index in [0.29, 0.717) is 12.1 Å². The van der Waals surface area contributed by atoms with Crippen LogP contribution in [0.1, 0.15) is 25.0 Å². The first kappa shape index (κ1) is 13.0. The smallest absolute Gasteiger partial charge is 0.310 e. The van der Waals surface area contributed by atoms with E-state index in [2.05, 4.69) is 11.4 Å². The van der Waals surface area contributed by atoms with Crippen LogP contribution in [0.2, 0.25) is 0 Å². The molecule has 0 atom stereocenters. The third-order valence-electron chi connectivity index (χ3n) is 2.67. The Bertz CT molecular complexity index is 473. The fraction of sp³-hybridized carbons (Fsp3) is 0.385. The van der Waals surface area contributed by atoms with Gasteiger partial charge in [-0.15, -0.1) is 0 Å². The first-order chi connectivity index (χ1) is 7.86. The number of carbonyl (C=O) groups is 1. The lowest BCUT2D eigenvalue weighted by atomic mass is 9.93. The molecule has 0 heterocycles. The van der Waals surface area contributed by atoms with E-state index in [0.717, 1.165) is 11.3 Å². The Balaban J connectivity index is 2.83. The maximum atomic E-state index is 11.0. The van der Waals surface area contributed by atoms with Gasteiger partial charge in [-0.1, -0.05) is 6.07 Å². The number of benzene rings is 1. The molecule has 0 aliphatic rings. The van der Waals surface area contributed by atoms with Crippen molar-refractivity contribution >= 4 is 11.7 Å². The fourth-order valence-electron chi connectivity index (χ4n) is 1.27. The van der Waals surface area contributed by atoms with E-state index in [1.807, 2.05) is 13.0 Å². The van der Waals surface area contributed by atoms with Gasteiger partial charge in [0.25, 0.3) is 0 Å². The molecule has 1 aromatic carbocycles. The van der Waals surface area contributed by atoms with E-state index < -0.39 is 11.4 Å². The maximum Gasteiger partial charge on any atom is 0.310 e. The fourth-order valence-corrected chi connectivity index (χ4v) is 1.27. The summed E-state index contributed by atoms with van der Waals surface area (Å²) in [5.41, 5.74) is 1.52. The van der Waals surface area contributed by atoms with Gasteiger partial charge >= 0.3 is 5.97 Å². The van der Waals surface area contributed by atoms with Crippen molar-refractivity contribution in [2.24, 2.45) is 5.41 Å². The zero-order valence-corrected chi connectivity index (χ0v) is 10.2. The Morgan fingerprint density at radius 3 is 2.71 bits per heavy atom. The van der Waals surface area contributed by atoms with Crippen molar-refractivity contribution in [3.8, 4) is 6.07 Å². The lowest BCUT2D eigenvalue weighted by Crippen LogP contribution is -2.31. The Labute approximate surface area is 101 Å². The third kappa shape index (κ3) is 3.22. The van der Waals surface area contributed by atoms with Gasteiger partial charge in [0.1, 0.15) is 0 Å². The summed E-state index contributed by atoms with van der Waals surface area (Å²) >= 11 is 0. The molecule has 1 aromatic rings. The number of nitrogens with zero attached hydrogens (tertiary/aromatic N) is 1. The number of hydrogen-bond donors (Lipinski definition) is 2. The van der Waals surface area contributed by atoms with Crippen LogP contribution in [0.25, 0.3) is 0 Å². The van der Waals surface area contributed by atoms with Gasteiger partial charge in [0.15, 0.2) is 0 Å². The summed E-state index contributed by atoms with van der Waals surface area (Å²) in [5.74, 6) is -0.848. The standard InChI is InChI=1S/C13H16N2O2/c1-9-4-5-10(7-14)6-11(9)15-8-13(2,3)12(16)17/h4-6,15H,8H2,1-3H3,(H,16,17). The lowest BCUT2D eigenvalue weighted by Gasteiger charge is -2.21. The molecule has 4 heteroatoms. The van der Waals surface area contributed by atoms with E-state index in [-0.39, 0.29) is 0 Å². The zero-order valence-electron chi connectivity index (χ0n) is 10.2. The van der Waals surface area contributed by atoms with Crippen molar-refractivity contribution in [2.45, 2.75) is 20.8 Å². The highest BCUT2D eigenvalue weighted by molar-refractivity contribution is 5.74. The first-order valence-corrected chi connectivity index (χ1v) is 5.35. The van der Waals surface area contributed by atoms with Gasteiger partial charge in [0.05, 0.1) is 17.0 Å². The molecule has 90 valence electrons. The quantitative estimate of drug-likeness (QED) is 0.836. The molecule has 0 saturated heterocycles. The summed E-state index contributed by atoms with van der Waals surface area (Å²) in [6.45, 7) is 5.55. The van der Waals surface area contributed by atoms with Crippen LogP contribution >= 0.6 is 0 Å². The minimum Gasteiger partial charge on any atom is -0.481 e. The molecule has 17 heavy (non-hydrogen) atoms. The topological polar surface area (TPSA) is 73.1 Å². The Kier molecular flexibility index (Phi) is 3.74. The van der Waals surface area contributed by atoms with Gasteiger partial charge in [-0.2, -0.15) is 5.26 Å². The van der Waals surface area contributed by atoms with Crippen molar-refractivity contribution in [3.63, 3.8) is 0 Å². The minimum absolute atomic E-state index is 0.318. The van der Waals surface area contributed by atoms with E-state index in [1.165, 1.54) is 0 Å². The number of rotatable bonds is 4. The van der Waals surface area contributed by atoms with E-state index in [1.54, 1.807) is 26.0 Å². The van der Waals surface area contributed by atoms with Crippen LogP contribution in [-0.2, 0) is 4.79 Å². The van der Waals surface area contributed by atoms with Crippen LogP contribution in [0.3, 0.4) is 0 Å². The summed E-state index contributed by atoms with van der Waals surface area (Å²) in [5, 5.41) is 20.9. The lowest BCUT2D eigenvalue weighted by molar-refractivity contribution is -0.146. The number of carboxylic acids is 1. The Hall–Kier alpha value is -2.02. The summed E-state index contributed by atoms with van der Waals surface area (Å²) < 4.78 is 0. The van der Waals surface area contributed by atoms with Crippen LogP contribution in [0, 0.1) is 23.7 Å². The molecule has 0 radical (unpaired) electrons. The third-order valence-corrected chi connectivity index (χ3v) is 2.67. The number of aryl methyl sites for hydroxylation is 1. The Morgan fingerprint density at radius 2 is 2.18 bits per heavy atom. The second-order valence-corrected chi connectivity index (χ2v) is 4.68. The molecule has 0 aromatic heterocycles. The summed E-state index contributed by atoms with van der Waals surface area (Å²) in [6.07, 6.45) is 0. The summed E-state index contributed by atoms with van der Waals surface area (Å²) in [4.78, 5) is 11.0. The molecular weight excluding hydrogens is 216 g/mol. The van der Waals surface area contributed by atoms with Crippen molar-refractivity contribution < 1.29 is 9.90 Å². The SMILES string of the molecule is Cc1ccc(C#N)cc1NCC(C)(C)C(=O)O. The molecule has 0 unspecified atom stereocenters. The molecule has 0 aliphatic carbocycles. The number of hydrogen-bond acceptors (Lipinski definition) is 3. The van der Waals surface area contributed by atoms with Crippen LogP contribution in [-0.4, -0.2) is 17.6 Å². The van der Waals surface area contributed by atoms with Gasteiger partial charge < -0.3 is 10.4 Å². The molecule has 4 nitrogen and oxygen atoms in total. The van der Waals surface area contributed by atoms with Crippen molar-refractivity contribution in [3.05, 3.63) is 29.3 Å². The van der Waals surface area contributed by atoms with Gasteiger partial charge in [0, 0.05) is 12.2 Å². The summed E-state index contributed by atoms with van der Waals surface area (Å²) in [7, 11) is 0. The average molecular weight is 232 g/mol. The van der Waals surface area contributed by atoms with E-state index >= 15 is 0 Å². The van der Waals surface area contributed by atoms with Crippen LogP contribution in [0.15, 0.2) is 18.2 Å².